The number of nitrogens with zero attached hydrogens (tertiary/aromatic N) is 2. The van der Waals surface area contributed by atoms with E-state index in [1.54, 1.807) is 0 Å². The van der Waals surface area contributed by atoms with Crippen molar-refractivity contribution in [3.8, 4) is 11.4 Å². The Morgan fingerprint density at radius 2 is 1.38 bits per heavy atom. The number of halogens is 1. The first-order valence-electron chi connectivity index (χ1n) is 11.7. The van der Waals surface area contributed by atoms with Crippen LogP contribution in [0.4, 0.5) is 4.39 Å². The van der Waals surface area contributed by atoms with Crippen molar-refractivity contribution < 1.29 is 4.39 Å². The molecule has 0 spiro atoms. The van der Waals surface area contributed by atoms with Crippen molar-refractivity contribution in [2.24, 2.45) is 5.92 Å². The van der Waals surface area contributed by atoms with Crippen LogP contribution in [-0.2, 0) is 12.8 Å². The fourth-order valence-corrected chi connectivity index (χ4v) is 3.57. The average Bonchev–Trinajstić information content (AvgIpc) is 2.76. The topological polar surface area (TPSA) is 25.8 Å². The third kappa shape index (κ3) is 8.64. The Morgan fingerprint density at radius 3 is 1.97 bits per heavy atom. The number of hydrogen-bond acceptors (Lipinski definition) is 2. The molecule has 0 saturated carbocycles. The van der Waals surface area contributed by atoms with Gasteiger partial charge in [-0.15, -0.1) is 0 Å². The molecule has 160 valence electrons. The number of aryl methyl sites for hydroxylation is 1. The molecule has 29 heavy (non-hydrogen) atoms. The number of alkyl halides is 1. The zero-order valence-corrected chi connectivity index (χ0v) is 18.7. The van der Waals surface area contributed by atoms with Gasteiger partial charge in [-0.1, -0.05) is 96.4 Å². The lowest BCUT2D eigenvalue weighted by Crippen LogP contribution is -2.14. The molecule has 0 bridgehead atoms. The molecule has 0 radical (unpaired) electrons. The minimum Gasteiger partial charge on any atom is -0.247 e. The molecule has 3 heteroatoms. The van der Waals surface area contributed by atoms with Gasteiger partial charge < -0.3 is 0 Å². The van der Waals surface area contributed by atoms with Gasteiger partial charge in [0.2, 0.25) is 0 Å². The maximum Gasteiger partial charge on any atom is 0.159 e. The molecule has 0 unspecified atom stereocenters. The van der Waals surface area contributed by atoms with E-state index in [1.807, 2.05) is 50.5 Å². The smallest absolute Gasteiger partial charge is 0.159 e. The molecule has 2 rings (SSSR count). The van der Waals surface area contributed by atoms with Crippen molar-refractivity contribution in [1.29, 1.82) is 0 Å². The Morgan fingerprint density at radius 1 is 0.793 bits per heavy atom. The Bertz CT molecular complexity index is 666. The van der Waals surface area contributed by atoms with Crippen molar-refractivity contribution in [2.45, 2.75) is 97.6 Å². The van der Waals surface area contributed by atoms with Gasteiger partial charge in [-0.05, 0) is 29.9 Å². The molecule has 2 atom stereocenters. The van der Waals surface area contributed by atoms with E-state index in [2.05, 4.69) is 16.9 Å². The van der Waals surface area contributed by atoms with Gasteiger partial charge >= 0.3 is 0 Å². The molecule has 0 aliphatic heterocycles. The van der Waals surface area contributed by atoms with E-state index < -0.39 is 6.17 Å². The zero-order chi connectivity index (χ0) is 20.9. The summed E-state index contributed by atoms with van der Waals surface area (Å²) < 4.78 is 14.1. The van der Waals surface area contributed by atoms with Crippen LogP contribution in [0.25, 0.3) is 11.4 Å². The van der Waals surface area contributed by atoms with E-state index in [9.17, 15) is 4.39 Å². The summed E-state index contributed by atoms with van der Waals surface area (Å²) in [6.07, 6.45) is 16.2. The van der Waals surface area contributed by atoms with Crippen molar-refractivity contribution in [3.05, 3.63) is 47.8 Å². The third-order valence-corrected chi connectivity index (χ3v) is 5.93. The Balaban J connectivity index is 1.75. The minimum atomic E-state index is -0.780. The quantitative estimate of drug-likeness (QED) is 0.304. The number of aromatic nitrogens is 2. The highest BCUT2D eigenvalue weighted by Crippen LogP contribution is 2.20. The van der Waals surface area contributed by atoms with Gasteiger partial charge in [-0.3, -0.25) is 0 Å². The van der Waals surface area contributed by atoms with Gasteiger partial charge in [0.05, 0.1) is 0 Å². The first-order valence-corrected chi connectivity index (χ1v) is 11.7. The number of benzene rings is 1. The normalized spacial score (nSPS) is 13.4. The van der Waals surface area contributed by atoms with Crippen LogP contribution in [0.3, 0.4) is 0 Å². The van der Waals surface area contributed by atoms with Crippen LogP contribution in [0.5, 0.6) is 0 Å². The summed E-state index contributed by atoms with van der Waals surface area (Å²) in [4.78, 5) is 9.09. The van der Waals surface area contributed by atoms with E-state index in [-0.39, 0.29) is 5.92 Å². The second-order valence-corrected chi connectivity index (χ2v) is 8.44. The predicted octanol–water partition coefficient (Wildman–Crippen LogP) is 7.75. The summed E-state index contributed by atoms with van der Waals surface area (Å²) in [6, 6.07) is 8.02. The number of unbranched alkanes of at least 4 members (excludes halogenated alkanes) is 7. The van der Waals surface area contributed by atoms with Gasteiger partial charge in [0, 0.05) is 24.4 Å². The molecule has 2 nitrogen and oxygen atoms in total. The van der Waals surface area contributed by atoms with E-state index >= 15 is 0 Å². The van der Waals surface area contributed by atoms with Crippen LogP contribution in [0.15, 0.2) is 36.7 Å². The molecule has 1 aromatic carbocycles. The lowest BCUT2D eigenvalue weighted by molar-refractivity contribution is 0.235. The Hall–Kier alpha value is -1.77. The summed E-state index contributed by atoms with van der Waals surface area (Å²) in [5.74, 6) is 0.849. The average molecular weight is 399 g/mol. The van der Waals surface area contributed by atoms with E-state index in [4.69, 9.17) is 0 Å². The summed E-state index contributed by atoms with van der Waals surface area (Å²) in [6.45, 7) is 6.27. The molecular weight excluding hydrogens is 359 g/mol. The van der Waals surface area contributed by atoms with E-state index in [0.717, 1.165) is 29.8 Å². The summed E-state index contributed by atoms with van der Waals surface area (Å²) >= 11 is 0. The molecule has 0 aliphatic rings. The van der Waals surface area contributed by atoms with Gasteiger partial charge in [0.15, 0.2) is 5.82 Å². The summed E-state index contributed by atoms with van der Waals surface area (Å²) in [5.41, 5.74) is 3.24. The lowest BCUT2D eigenvalue weighted by atomic mass is 9.96. The maximum atomic E-state index is 14.1. The molecule has 2 aromatic rings. The highest BCUT2D eigenvalue weighted by Gasteiger charge is 2.15. The second kappa shape index (κ2) is 13.5. The van der Waals surface area contributed by atoms with Gasteiger partial charge in [-0.2, -0.15) is 0 Å². The SMILES string of the molecule is CCCCCCCCCCc1cnc(-c2ccc(C[C@@H](F)[C@@H](C)CC)cc2)nc1. The lowest BCUT2D eigenvalue weighted by Gasteiger charge is -2.14. The molecule has 1 heterocycles. The molecule has 0 N–H and O–H groups in total. The molecule has 1 aromatic heterocycles. The Labute approximate surface area is 177 Å². The third-order valence-electron chi connectivity index (χ3n) is 5.93. The summed E-state index contributed by atoms with van der Waals surface area (Å²) in [7, 11) is 0. The van der Waals surface area contributed by atoms with E-state index in [0.29, 0.717) is 6.42 Å². The van der Waals surface area contributed by atoms with Crippen LogP contribution in [0, 0.1) is 5.92 Å². The zero-order valence-electron chi connectivity index (χ0n) is 18.7. The van der Waals surface area contributed by atoms with Crippen molar-refractivity contribution in [3.63, 3.8) is 0 Å². The second-order valence-electron chi connectivity index (χ2n) is 8.44. The van der Waals surface area contributed by atoms with E-state index in [1.165, 1.54) is 56.9 Å². The monoisotopic (exact) mass is 398 g/mol. The largest absolute Gasteiger partial charge is 0.247 e. The van der Waals surface area contributed by atoms with Crippen molar-refractivity contribution >= 4 is 0 Å². The van der Waals surface area contributed by atoms with Crippen LogP contribution in [0.2, 0.25) is 0 Å². The van der Waals surface area contributed by atoms with Crippen molar-refractivity contribution in [1.82, 2.24) is 9.97 Å². The standard InChI is InChI=1S/C26H39FN2/c1-4-6-7-8-9-10-11-12-13-23-19-28-26(29-20-23)24-16-14-22(15-17-24)18-25(27)21(3)5-2/h14-17,19-21,25H,4-13,18H2,1-3H3/t21-,25+/m0/s1. The highest BCUT2D eigenvalue weighted by atomic mass is 19.1. The fourth-order valence-electron chi connectivity index (χ4n) is 3.57. The van der Waals surface area contributed by atoms with Crippen molar-refractivity contribution in [2.75, 3.05) is 0 Å². The maximum absolute atomic E-state index is 14.1. The van der Waals surface area contributed by atoms with Gasteiger partial charge in [-0.25, -0.2) is 14.4 Å². The van der Waals surface area contributed by atoms with Crippen LogP contribution in [-0.4, -0.2) is 16.1 Å². The molecule has 0 aliphatic carbocycles. The van der Waals surface area contributed by atoms with Crippen LogP contribution < -0.4 is 0 Å². The fraction of sp³-hybridized carbons (Fsp3) is 0.615. The first-order chi connectivity index (χ1) is 14.1. The Kier molecular flexibility index (Phi) is 10.9. The van der Waals surface area contributed by atoms with Crippen LogP contribution >= 0.6 is 0 Å². The van der Waals surface area contributed by atoms with Crippen LogP contribution in [0.1, 0.15) is 89.7 Å². The summed E-state index contributed by atoms with van der Waals surface area (Å²) in [5, 5.41) is 0. The highest BCUT2D eigenvalue weighted by molar-refractivity contribution is 5.55. The molecule has 0 amide bonds. The number of hydrogen-bond donors (Lipinski definition) is 0. The van der Waals surface area contributed by atoms with Gasteiger partial charge in [0.25, 0.3) is 0 Å². The molecule has 0 fully saturated rings. The molecule has 0 saturated heterocycles. The number of rotatable bonds is 14. The van der Waals surface area contributed by atoms with Gasteiger partial charge in [0.1, 0.15) is 6.17 Å². The predicted molar refractivity (Wildman–Crippen MR) is 122 cm³/mol. The first kappa shape index (κ1) is 23.5. The minimum absolute atomic E-state index is 0.103. The molecular formula is C26H39FN2.